The molecule has 136 valence electrons. The van der Waals surface area contributed by atoms with E-state index in [1.54, 1.807) is 19.4 Å². The van der Waals surface area contributed by atoms with Crippen molar-refractivity contribution in [2.45, 2.75) is 77.5 Å². The molecular formula is C18H28O6. The maximum atomic E-state index is 6.15. The van der Waals surface area contributed by atoms with E-state index in [9.17, 15) is 0 Å². The molecule has 2 saturated heterocycles. The fourth-order valence-electron chi connectivity index (χ4n) is 3.28. The summed E-state index contributed by atoms with van der Waals surface area (Å²) in [4.78, 5) is 0. The van der Waals surface area contributed by atoms with E-state index in [-0.39, 0.29) is 24.6 Å². The first-order valence-corrected chi connectivity index (χ1v) is 8.69. The van der Waals surface area contributed by atoms with Gasteiger partial charge in [-0.3, -0.25) is 0 Å². The number of ether oxygens (including phenoxy) is 5. The molecule has 0 amide bonds. The summed E-state index contributed by atoms with van der Waals surface area (Å²) in [5.41, 5.74) is 0. The smallest absolute Gasteiger partial charge is 0.190 e. The van der Waals surface area contributed by atoms with Crippen LogP contribution in [0.25, 0.3) is 0 Å². The Hall–Kier alpha value is -1.08. The Morgan fingerprint density at radius 2 is 2.08 bits per heavy atom. The van der Waals surface area contributed by atoms with Crippen molar-refractivity contribution in [1.82, 2.24) is 0 Å². The summed E-state index contributed by atoms with van der Waals surface area (Å²) in [5, 5.41) is 0. The largest absolute Gasteiger partial charge is 0.493 e. The Morgan fingerprint density at radius 3 is 2.75 bits per heavy atom. The predicted molar refractivity (Wildman–Crippen MR) is 86.6 cm³/mol. The lowest BCUT2D eigenvalue weighted by Crippen LogP contribution is -2.38. The molecule has 2 aliphatic rings. The monoisotopic (exact) mass is 340 g/mol. The molecule has 24 heavy (non-hydrogen) atoms. The van der Waals surface area contributed by atoms with Crippen LogP contribution in [0.4, 0.5) is 0 Å². The molecule has 3 heterocycles. The Bertz CT molecular complexity index is 541. The second-order valence-electron chi connectivity index (χ2n) is 7.05. The first-order chi connectivity index (χ1) is 11.5. The summed E-state index contributed by atoms with van der Waals surface area (Å²) in [6.07, 6.45) is 2.41. The lowest BCUT2D eigenvalue weighted by Gasteiger charge is -2.28. The van der Waals surface area contributed by atoms with Crippen LogP contribution in [0.2, 0.25) is 0 Å². The van der Waals surface area contributed by atoms with Crippen molar-refractivity contribution in [3.8, 4) is 5.75 Å². The predicted octanol–water partition coefficient (Wildman–Crippen LogP) is 3.49. The molecular weight excluding hydrogens is 312 g/mol. The topological polar surface area (TPSA) is 59.3 Å². The highest BCUT2D eigenvalue weighted by atomic mass is 16.8. The molecule has 2 aliphatic heterocycles. The number of furan rings is 1. The molecule has 6 nitrogen and oxygen atoms in total. The van der Waals surface area contributed by atoms with Crippen LogP contribution in [0.3, 0.4) is 0 Å². The molecule has 0 N–H and O–H groups in total. The average molecular weight is 340 g/mol. The standard InChI is InChI=1S/C18H28O6/c1-6-18(4)23-16-15(13(9-11(2)3)22-17(16)24-18)21-10-14-12(19-5)7-8-20-14/h7-8,11,13,15-17H,6,9-10H2,1-5H3/t13-,15+,16-,17-,18?/m1/s1. The van der Waals surface area contributed by atoms with Crippen molar-refractivity contribution in [2.24, 2.45) is 5.92 Å². The molecule has 0 saturated carbocycles. The molecule has 1 aromatic rings. The van der Waals surface area contributed by atoms with E-state index in [2.05, 4.69) is 13.8 Å². The van der Waals surface area contributed by atoms with E-state index in [4.69, 9.17) is 28.1 Å². The van der Waals surface area contributed by atoms with Gasteiger partial charge in [-0.2, -0.15) is 0 Å². The Labute approximate surface area is 143 Å². The van der Waals surface area contributed by atoms with Crippen LogP contribution >= 0.6 is 0 Å². The van der Waals surface area contributed by atoms with Gasteiger partial charge in [0.1, 0.15) is 18.8 Å². The third-order valence-corrected chi connectivity index (χ3v) is 4.70. The molecule has 0 radical (unpaired) electrons. The zero-order valence-corrected chi connectivity index (χ0v) is 15.1. The number of fused-ring (bicyclic) bond motifs is 1. The number of methoxy groups -OCH3 is 1. The van der Waals surface area contributed by atoms with Gasteiger partial charge >= 0.3 is 0 Å². The highest BCUT2D eigenvalue weighted by Gasteiger charge is 2.56. The highest BCUT2D eigenvalue weighted by molar-refractivity contribution is 5.23. The second kappa shape index (κ2) is 7.04. The second-order valence-corrected chi connectivity index (χ2v) is 7.05. The van der Waals surface area contributed by atoms with Gasteiger partial charge in [0, 0.05) is 6.07 Å². The quantitative estimate of drug-likeness (QED) is 0.757. The van der Waals surface area contributed by atoms with Gasteiger partial charge in [0.05, 0.1) is 19.5 Å². The van der Waals surface area contributed by atoms with E-state index in [0.717, 1.165) is 12.8 Å². The molecule has 3 rings (SSSR count). The minimum absolute atomic E-state index is 0.0534. The average Bonchev–Trinajstić information content (AvgIpc) is 3.18. The molecule has 2 fully saturated rings. The van der Waals surface area contributed by atoms with E-state index in [1.807, 2.05) is 13.8 Å². The van der Waals surface area contributed by atoms with E-state index in [0.29, 0.717) is 24.0 Å². The van der Waals surface area contributed by atoms with E-state index < -0.39 is 5.79 Å². The molecule has 1 aromatic heterocycles. The number of hydrogen-bond acceptors (Lipinski definition) is 6. The fourth-order valence-corrected chi connectivity index (χ4v) is 3.28. The lowest BCUT2D eigenvalue weighted by molar-refractivity contribution is -0.230. The Kier molecular flexibility index (Phi) is 5.20. The maximum absolute atomic E-state index is 6.15. The first-order valence-electron chi connectivity index (χ1n) is 8.69. The zero-order valence-electron chi connectivity index (χ0n) is 15.1. The Balaban J connectivity index is 1.70. The van der Waals surface area contributed by atoms with Crippen molar-refractivity contribution in [2.75, 3.05) is 7.11 Å². The van der Waals surface area contributed by atoms with Crippen molar-refractivity contribution >= 4 is 0 Å². The van der Waals surface area contributed by atoms with Gasteiger partial charge in [0.25, 0.3) is 0 Å². The molecule has 0 aromatic carbocycles. The molecule has 0 spiro atoms. The van der Waals surface area contributed by atoms with Crippen LogP contribution in [0.15, 0.2) is 16.7 Å². The van der Waals surface area contributed by atoms with Crippen LogP contribution in [0.1, 0.15) is 46.3 Å². The third-order valence-electron chi connectivity index (χ3n) is 4.70. The van der Waals surface area contributed by atoms with Crippen LogP contribution in [-0.4, -0.2) is 37.5 Å². The molecule has 1 unspecified atom stereocenters. The SMILES string of the molecule is CCC1(C)O[C@H]2O[C@H](CC(C)C)[C@H](OCc3occc3OC)[C@H]2O1. The van der Waals surface area contributed by atoms with Gasteiger partial charge in [0.2, 0.25) is 0 Å². The number of rotatable bonds is 7. The first kappa shape index (κ1) is 17.7. The zero-order chi connectivity index (χ0) is 17.3. The van der Waals surface area contributed by atoms with Gasteiger partial charge in [0.15, 0.2) is 23.6 Å². The van der Waals surface area contributed by atoms with Crippen LogP contribution < -0.4 is 4.74 Å². The summed E-state index contributed by atoms with van der Waals surface area (Å²) in [6, 6.07) is 1.78. The minimum atomic E-state index is -0.609. The Morgan fingerprint density at radius 1 is 1.29 bits per heavy atom. The van der Waals surface area contributed by atoms with Crippen LogP contribution in [0, 0.1) is 5.92 Å². The van der Waals surface area contributed by atoms with Crippen LogP contribution in [0.5, 0.6) is 5.75 Å². The molecule has 5 atom stereocenters. The number of hydrogen-bond donors (Lipinski definition) is 0. The van der Waals surface area contributed by atoms with Gasteiger partial charge in [-0.1, -0.05) is 20.8 Å². The third kappa shape index (κ3) is 3.47. The van der Waals surface area contributed by atoms with Gasteiger partial charge < -0.3 is 28.1 Å². The highest BCUT2D eigenvalue weighted by Crippen LogP contribution is 2.42. The summed E-state index contributed by atoms with van der Waals surface area (Å²) in [7, 11) is 1.62. The van der Waals surface area contributed by atoms with Crippen LogP contribution in [-0.2, 0) is 25.6 Å². The summed E-state index contributed by atoms with van der Waals surface area (Å²) in [6.45, 7) is 8.63. The normalized spacial score (nSPS) is 35.6. The van der Waals surface area contributed by atoms with Crippen molar-refractivity contribution < 1.29 is 28.1 Å². The fraction of sp³-hybridized carbons (Fsp3) is 0.778. The van der Waals surface area contributed by atoms with E-state index in [1.165, 1.54) is 0 Å². The summed E-state index contributed by atoms with van der Waals surface area (Å²) in [5.74, 6) is 1.24. The van der Waals surface area contributed by atoms with E-state index >= 15 is 0 Å². The molecule has 0 aliphatic carbocycles. The van der Waals surface area contributed by atoms with Gasteiger partial charge in [-0.25, -0.2) is 0 Å². The minimum Gasteiger partial charge on any atom is -0.493 e. The lowest BCUT2D eigenvalue weighted by atomic mass is 10.0. The maximum Gasteiger partial charge on any atom is 0.190 e. The molecule has 6 heteroatoms. The molecule has 0 bridgehead atoms. The van der Waals surface area contributed by atoms with Crippen molar-refractivity contribution in [1.29, 1.82) is 0 Å². The summed E-state index contributed by atoms with van der Waals surface area (Å²) < 4.78 is 35.1. The van der Waals surface area contributed by atoms with Crippen molar-refractivity contribution in [3.63, 3.8) is 0 Å². The van der Waals surface area contributed by atoms with Gasteiger partial charge in [-0.15, -0.1) is 0 Å². The summed E-state index contributed by atoms with van der Waals surface area (Å²) >= 11 is 0. The van der Waals surface area contributed by atoms with Gasteiger partial charge in [-0.05, 0) is 25.7 Å². The van der Waals surface area contributed by atoms with Crippen molar-refractivity contribution in [3.05, 3.63) is 18.1 Å².